The molecule has 1 N–H and O–H groups in total. The van der Waals surface area contributed by atoms with E-state index in [-0.39, 0.29) is 5.56 Å². The molecule has 0 bridgehead atoms. The smallest absolute Gasteiger partial charge is 0.350 e. The van der Waals surface area contributed by atoms with Crippen LogP contribution in [-0.2, 0) is 4.74 Å². The van der Waals surface area contributed by atoms with Gasteiger partial charge in [-0.15, -0.1) is 11.3 Å². The van der Waals surface area contributed by atoms with E-state index in [1.54, 1.807) is 17.5 Å². The maximum atomic E-state index is 12.6. The number of nitrogens with one attached hydrogen (secondary N) is 1. The van der Waals surface area contributed by atoms with E-state index in [1.165, 1.54) is 45.8 Å². The molecular formula is C16H17NO6S. The molecule has 0 fully saturated rings. The molecule has 2 aromatic rings. The molecule has 128 valence electrons. The molecule has 0 radical (unpaired) electrons. The highest BCUT2D eigenvalue weighted by Crippen LogP contribution is 2.35. The van der Waals surface area contributed by atoms with Gasteiger partial charge in [-0.1, -0.05) is 0 Å². The van der Waals surface area contributed by atoms with Gasteiger partial charge in [0.15, 0.2) is 11.5 Å². The molecule has 7 nitrogen and oxygen atoms in total. The first-order chi connectivity index (χ1) is 11.5. The average Bonchev–Trinajstić information content (AvgIpc) is 3.07. The molecule has 1 aromatic heterocycles. The Morgan fingerprint density at radius 3 is 2.17 bits per heavy atom. The Hall–Kier alpha value is -2.74. The molecule has 2 rings (SSSR count). The van der Waals surface area contributed by atoms with Crippen molar-refractivity contribution in [1.82, 2.24) is 0 Å². The first-order valence-electron chi connectivity index (χ1n) is 6.82. The maximum absolute atomic E-state index is 12.6. The summed E-state index contributed by atoms with van der Waals surface area (Å²) in [4.78, 5) is 24.6. The minimum atomic E-state index is -0.514. The third kappa shape index (κ3) is 3.43. The number of hydrogen-bond donors (Lipinski definition) is 1. The first kappa shape index (κ1) is 17.6. The normalized spacial score (nSPS) is 10.0. The zero-order chi connectivity index (χ0) is 17.7. The maximum Gasteiger partial charge on any atom is 0.350 e. The summed E-state index contributed by atoms with van der Waals surface area (Å²) in [7, 11) is 5.69. The summed E-state index contributed by atoms with van der Waals surface area (Å²) in [6, 6.07) is 4.70. The summed E-state index contributed by atoms with van der Waals surface area (Å²) < 4.78 is 20.3. The number of carbonyl (C=O) groups is 2. The molecule has 0 aliphatic carbocycles. The van der Waals surface area contributed by atoms with Crippen molar-refractivity contribution >= 4 is 28.9 Å². The fourth-order valence-electron chi connectivity index (χ4n) is 2.05. The SMILES string of the molecule is COC(=O)c1sccc1NC(=O)c1cc(OC)c(OC)cc1OC. The van der Waals surface area contributed by atoms with Crippen LogP contribution in [0.2, 0.25) is 0 Å². The third-order valence-corrected chi connectivity index (χ3v) is 4.13. The summed E-state index contributed by atoms with van der Waals surface area (Å²) in [5, 5.41) is 4.37. The molecule has 1 aromatic carbocycles. The molecule has 0 saturated heterocycles. The minimum Gasteiger partial charge on any atom is -0.496 e. The van der Waals surface area contributed by atoms with Gasteiger partial charge < -0.3 is 24.3 Å². The van der Waals surface area contributed by atoms with Gasteiger partial charge in [-0.2, -0.15) is 0 Å². The van der Waals surface area contributed by atoms with Gasteiger partial charge in [-0.25, -0.2) is 4.79 Å². The Kier molecular flexibility index (Phi) is 5.64. The van der Waals surface area contributed by atoms with E-state index >= 15 is 0 Å². The van der Waals surface area contributed by atoms with E-state index in [9.17, 15) is 9.59 Å². The second-order valence-electron chi connectivity index (χ2n) is 4.52. The highest BCUT2D eigenvalue weighted by Gasteiger charge is 2.21. The number of anilines is 1. The molecule has 0 atom stereocenters. The molecule has 0 unspecified atom stereocenters. The molecular weight excluding hydrogens is 334 g/mol. The minimum absolute atomic E-state index is 0.247. The van der Waals surface area contributed by atoms with Crippen molar-refractivity contribution in [2.24, 2.45) is 0 Å². The van der Waals surface area contributed by atoms with E-state index < -0.39 is 11.9 Å². The third-order valence-electron chi connectivity index (χ3n) is 3.23. The summed E-state index contributed by atoms with van der Waals surface area (Å²) in [5.41, 5.74) is 0.617. The van der Waals surface area contributed by atoms with Crippen LogP contribution in [0.5, 0.6) is 17.2 Å². The van der Waals surface area contributed by atoms with Crippen LogP contribution in [0.3, 0.4) is 0 Å². The summed E-state index contributed by atoms with van der Waals surface area (Å²) >= 11 is 1.18. The van der Waals surface area contributed by atoms with Gasteiger partial charge in [0.2, 0.25) is 0 Å². The quantitative estimate of drug-likeness (QED) is 0.806. The van der Waals surface area contributed by atoms with E-state index in [2.05, 4.69) is 5.32 Å². The molecule has 0 saturated carbocycles. The zero-order valence-electron chi connectivity index (χ0n) is 13.7. The van der Waals surface area contributed by atoms with E-state index in [4.69, 9.17) is 18.9 Å². The van der Waals surface area contributed by atoms with Crippen molar-refractivity contribution in [3.63, 3.8) is 0 Å². The van der Waals surface area contributed by atoms with Crippen molar-refractivity contribution < 1.29 is 28.5 Å². The first-order valence-corrected chi connectivity index (χ1v) is 7.70. The number of ether oxygens (including phenoxy) is 4. The number of benzene rings is 1. The van der Waals surface area contributed by atoms with Gasteiger partial charge in [0.05, 0.1) is 39.7 Å². The predicted octanol–water partition coefficient (Wildman–Crippen LogP) is 2.81. The number of esters is 1. The lowest BCUT2D eigenvalue weighted by molar-refractivity contribution is 0.0607. The zero-order valence-corrected chi connectivity index (χ0v) is 14.5. The lowest BCUT2D eigenvalue weighted by atomic mass is 10.1. The second-order valence-corrected chi connectivity index (χ2v) is 5.43. The Balaban J connectivity index is 2.36. The Morgan fingerprint density at radius 1 is 0.958 bits per heavy atom. The summed E-state index contributed by atoms with van der Waals surface area (Å²) in [6.07, 6.45) is 0. The molecule has 0 spiro atoms. The van der Waals surface area contributed by atoms with Gasteiger partial charge in [0.25, 0.3) is 5.91 Å². The molecule has 24 heavy (non-hydrogen) atoms. The van der Waals surface area contributed by atoms with Gasteiger partial charge in [0, 0.05) is 12.1 Å². The Labute approximate surface area is 143 Å². The fourth-order valence-corrected chi connectivity index (χ4v) is 2.82. The number of methoxy groups -OCH3 is 4. The van der Waals surface area contributed by atoms with Gasteiger partial charge in [-0.05, 0) is 11.4 Å². The van der Waals surface area contributed by atoms with Crippen LogP contribution < -0.4 is 19.5 Å². The van der Waals surface area contributed by atoms with Gasteiger partial charge in [0.1, 0.15) is 10.6 Å². The fraction of sp³-hybridized carbons (Fsp3) is 0.250. The van der Waals surface area contributed by atoms with Crippen molar-refractivity contribution in [1.29, 1.82) is 0 Å². The molecule has 0 aliphatic heterocycles. The standard InChI is InChI=1S/C16H17NO6S/c1-20-11-8-13(22-3)12(21-2)7-9(11)15(18)17-10-5-6-24-14(10)16(19)23-4/h5-8H,1-4H3,(H,17,18). The Bertz CT molecular complexity index is 755. The number of hydrogen-bond acceptors (Lipinski definition) is 7. The van der Waals surface area contributed by atoms with Crippen molar-refractivity contribution in [3.8, 4) is 17.2 Å². The van der Waals surface area contributed by atoms with Crippen LogP contribution in [0, 0.1) is 0 Å². The van der Waals surface area contributed by atoms with E-state index in [1.807, 2.05) is 0 Å². The highest BCUT2D eigenvalue weighted by atomic mass is 32.1. The second kappa shape index (κ2) is 7.69. The monoisotopic (exact) mass is 351 g/mol. The van der Waals surface area contributed by atoms with Crippen LogP contribution in [0.15, 0.2) is 23.6 Å². The van der Waals surface area contributed by atoms with Crippen LogP contribution in [0.25, 0.3) is 0 Å². The van der Waals surface area contributed by atoms with Crippen LogP contribution in [0.4, 0.5) is 5.69 Å². The van der Waals surface area contributed by atoms with Crippen molar-refractivity contribution in [2.45, 2.75) is 0 Å². The number of carbonyl (C=O) groups excluding carboxylic acids is 2. The lowest BCUT2D eigenvalue weighted by Crippen LogP contribution is -2.15. The van der Waals surface area contributed by atoms with Crippen molar-refractivity contribution in [2.75, 3.05) is 33.8 Å². The van der Waals surface area contributed by atoms with Crippen molar-refractivity contribution in [3.05, 3.63) is 34.0 Å². The molecule has 8 heteroatoms. The van der Waals surface area contributed by atoms with Crippen LogP contribution in [0.1, 0.15) is 20.0 Å². The number of rotatable bonds is 6. The lowest BCUT2D eigenvalue weighted by Gasteiger charge is -2.14. The largest absolute Gasteiger partial charge is 0.496 e. The summed E-state index contributed by atoms with van der Waals surface area (Å²) in [5.74, 6) is 0.189. The van der Waals surface area contributed by atoms with Gasteiger partial charge in [-0.3, -0.25) is 4.79 Å². The predicted molar refractivity (Wildman–Crippen MR) is 89.7 cm³/mol. The summed E-state index contributed by atoms with van der Waals surface area (Å²) in [6.45, 7) is 0. The molecule has 1 heterocycles. The van der Waals surface area contributed by atoms with E-state index in [0.717, 1.165) is 0 Å². The highest BCUT2D eigenvalue weighted by molar-refractivity contribution is 7.12. The number of amides is 1. The molecule has 1 amide bonds. The van der Waals surface area contributed by atoms with Crippen LogP contribution in [-0.4, -0.2) is 40.3 Å². The van der Waals surface area contributed by atoms with Crippen LogP contribution >= 0.6 is 11.3 Å². The Morgan fingerprint density at radius 2 is 1.58 bits per heavy atom. The topological polar surface area (TPSA) is 83.1 Å². The average molecular weight is 351 g/mol. The van der Waals surface area contributed by atoms with E-state index in [0.29, 0.717) is 27.8 Å². The molecule has 0 aliphatic rings. The van der Waals surface area contributed by atoms with Gasteiger partial charge >= 0.3 is 5.97 Å². The number of thiophene rings is 1.